The Balaban J connectivity index is 2.89. The van der Waals surface area contributed by atoms with Gasteiger partial charge >= 0.3 is 6.03 Å². The van der Waals surface area contributed by atoms with Gasteiger partial charge < -0.3 is 4.74 Å². The van der Waals surface area contributed by atoms with E-state index in [9.17, 15) is 4.79 Å². The van der Waals surface area contributed by atoms with Gasteiger partial charge in [-0.15, -0.1) is 0 Å². The zero-order valence-electron chi connectivity index (χ0n) is 6.83. The maximum atomic E-state index is 10.6. The lowest BCUT2D eigenvalue weighted by Crippen LogP contribution is -2.59. The second-order valence-corrected chi connectivity index (χ2v) is 2.25. The van der Waals surface area contributed by atoms with E-state index in [1.807, 2.05) is 12.1 Å². The van der Waals surface area contributed by atoms with E-state index in [2.05, 4.69) is 11.1 Å². The molecule has 4 nitrogen and oxygen atoms in total. The normalized spacial score (nSPS) is 9.17. The highest BCUT2D eigenvalue weighted by atomic mass is 16.5. The molecule has 0 aromatic heterocycles. The minimum absolute atomic E-state index is 0.348. The van der Waals surface area contributed by atoms with Crippen LogP contribution in [0.4, 0.5) is 10.5 Å². The Morgan fingerprint density at radius 3 is 2.75 bits per heavy atom. The molecular formula is C8H11N2O2+. The molecule has 0 unspecified atom stereocenters. The van der Waals surface area contributed by atoms with Crippen LogP contribution in [-0.4, -0.2) is 13.1 Å². The number of nitrogens with one attached hydrogen (secondary N) is 1. The van der Waals surface area contributed by atoms with Crippen molar-refractivity contribution in [2.24, 2.45) is 0 Å². The van der Waals surface area contributed by atoms with Crippen LogP contribution in [0.2, 0.25) is 0 Å². The summed E-state index contributed by atoms with van der Waals surface area (Å²) in [5.74, 6) is 0.634. The molecule has 0 aliphatic heterocycles. The van der Waals surface area contributed by atoms with Crippen LogP contribution in [0.1, 0.15) is 0 Å². The lowest BCUT2D eigenvalue weighted by Gasteiger charge is -2.05. The summed E-state index contributed by atoms with van der Waals surface area (Å²) in [6.45, 7) is 0. The SMILES string of the molecule is COc1ccccc1NC([NH3+])=O. The highest BCUT2D eigenvalue weighted by Gasteiger charge is 2.03. The molecule has 0 bridgehead atoms. The zero-order chi connectivity index (χ0) is 8.97. The van der Waals surface area contributed by atoms with E-state index in [0.29, 0.717) is 11.4 Å². The van der Waals surface area contributed by atoms with Gasteiger partial charge in [0.25, 0.3) is 0 Å². The number of ether oxygens (including phenoxy) is 1. The summed E-state index contributed by atoms with van der Waals surface area (Å²) in [5.41, 5.74) is 3.84. The summed E-state index contributed by atoms with van der Waals surface area (Å²) < 4.78 is 5.00. The maximum Gasteiger partial charge on any atom is 0.416 e. The Morgan fingerprint density at radius 1 is 1.50 bits per heavy atom. The zero-order valence-corrected chi connectivity index (χ0v) is 6.83. The van der Waals surface area contributed by atoms with Crippen LogP contribution >= 0.6 is 0 Å². The standard InChI is InChI=1S/C8H10N2O2/c1-12-7-5-3-2-4-6(7)10-8(9)11/h2-5H,1H3,(H3,9,10,11)/p+1. The van der Waals surface area contributed by atoms with Gasteiger partial charge in [0.2, 0.25) is 0 Å². The predicted octanol–water partition coefficient (Wildman–Crippen LogP) is 0.469. The molecule has 4 heteroatoms. The number of urea groups is 1. The van der Waals surface area contributed by atoms with Gasteiger partial charge in [-0.2, -0.15) is 0 Å². The summed E-state index contributed by atoms with van der Waals surface area (Å²) >= 11 is 0. The molecule has 0 saturated heterocycles. The van der Waals surface area contributed by atoms with Crippen LogP contribution in [0.15, 0.2) is 24.3 Å². The molecule has 2 amide bonds. The highest BCUT2D eigenvalue weighted by molar-refractivity contribution is 5.83. The van der Waals surface area contributed by atoms with Crippen molar-refractivity contribution < 1.29 is 15.3 Å². The minimum atomic E-state index is -0.348. The van der Waals surface area contributed by atoms with Crippen molar-refractivity contribution in [2.75, 3.05) is 12.4 Å². The highest BCUT2D eigenvalue weighted by Crippen LogP contribution is 2.22. The molecule has 4 N–H and O–H groups in total. The van der Waals surface area contributed by atoms with E-state index < -0.39 is 0 Å². The predicted molar refractivity (Wildman–Crippen MR) is 44.9 cm³/mol. The summed E-state index contributed by atoms with van der Waals surface area (Å²) in [7, 11) is 1.55. The third-order valence-electron chi connectivity index (χ3n) is 1.38. The molecule has 0 atom stereocenters. The van der Waals surface area contributed by atoms with Gasteiger partial charge in [-0.3, -0.25) is 11.1 Å². The van der Waals surface area contributed by atoms with Gasteiger partial charge in [0, 0.05) is 0 Å². The number of carbonyl (C=O) groups is 1. The van der Waals surface area contributed by atoms with E-state index >= 15 is 0 Å². The molecule has 12 heavy (non-hydrogen) atoms. The minimum Gasteiger partial charge on any atom is -0.495 e. The molecule has 0 saturated carbocycles. The molecule has 1 rings (SSSR count). The van der Waals surface area contributed by atoms with Gasteiger partial charge in [0.15, 0.2) is 0 Å². The van der Waals surface area contributed by atoms with Crippen molar-refractivity contribution in [3.05, 3.63) is 24.3 Å². The summed E-state index contributed by atoms with van der Waals surface area (Å²) in [6.07, 6.45) is 0. The number of hydrogen-bond donors (Lipinski definition) is 2. The van der Waals surface area contributed by atoms with Crippen LogP contribution in [0.3, 0.4) is 0 Å². The number of quaternary nitrogens is 1. The number of para-hydroxylation sites is 2. The lowest BCUT2D eigenvalue weighted by molar-refractivity contribution is -0.242. The van der Waals surface area contributed by atoms with Crippen LogP contribution in [-0.2, 0) is 0 Å². The van der Waals surface area contributed by atoms with Gasteiger partial charge in [-0.25, -0.2) is 4.79 Å². The Bertz CT molecular complexity index is 286. The van der Waals surface area contributed by atoms with E-state index in [-0.39, 0.29) is 6.03 Å². The van der Waals surface area contributed by atoms with E-state index in [1.54, 1.807) is 19.2 Å². The second kappa shape index (κ2) is 3.73. The Morgan fingerprint density at radius 2 is 2.17 bits per heavy atom. The molecule has 64 valence electrons. The quantitative estimate of drug-likeness (QED) is 0.672. The van der Waals surface area contributed by atoms with Gasteiger partial charge in [-0.1, -0.05) is 12.1 Å². The van der Waals surface area contributed by atoms with Crippen molar-refractivity contribution in [1.29, 1.82) is 0 Å². The fraction of sp³-hybridized carbons (Fsp3) is 0.125. The third-order valence-corrected chi connectivity index (χ3v) is 1.38. The third kappa shape index (κ3) is 1.96. The smallest absolute Gasteiger partial charge is 0.416 e. The van der Waals surface area contributed by atoms with E-state index in [4.69, 9.17) is 4.74 Å². The van der Waals surface area contributed by atoms with Crippen molar-refractivity contribution >= 4 is 11.7 Å². The van der Waals surface area contributed by atoms with Gasteiger partial charge in [0.1, 0.15) is 5.75 Å². The van der Waals surface area contributed by atoms with E-state index in [0.717, 1.165) is 0 Å². The monoisotopic (exact) mass is 167 g/mol. The first kappa shape index (κ1) is 8.55. The first-order valence-corrected chi connectivity index (χ1v) is 3.50. The van der Waals surface area contributed by atoms with Gasteiger partial charge in [-0.05, 0) is 12.1 Å². The Kier molecular flexibility index (Phi) is 2.66. The summed E-state index contributed by atoms with van der Waals surface area (Å²) in [5, 5.41) is 2.55. The fourth-order valence-corrected chi connectivity index (χ4v) is 0.898. The molecule has 0 heterocycles. The maximum absolute atomic E-state index is 10.6. The number of benzene rings is 1. The topological polar surface area (TPSA) is 66.0 Å². The Hall–Kier alpha value is -1.55. The molecule has 0 radical (unpaired) electrons. The van der Waals surface area contributed by atoms with Crippen LogP contribution in [0.5, 0.6) is 5.75 Å². The largest absolute Gasteiger partial charge is 0.495 e. The number of carbonyl (C=O) groups excluding carboxylic acids is 1. The Labute approximate surface area is 70.3 Å². The van der Waals surface area contributed by atoms with Crippen LogP contribution < -0.4 is 15.8 Å². The summed E-state index contributed by atoms with van der Waals surface area (Å²) in [6, 6.07) is 6.82. The van der Waals surface area contributed by atoms with Crippen molar-refractivity contribution in [2.45, 2.75) is 0 Å². The molecule has 0 aliphatic rings. The number of amides is 2. The molecular weight excluding hydrogens is 156 g/mol. The van der Waals surface area contributed by atoms with E-state index in [1.165, 1.54) is 0 Å². The molecule has 0 aliphatic carbocycles. The molecule has 1 aromatic carbocycles. The van der Waals surface area contributed by atoms with Crippen molar-refractivity contribution in [3.63, 3.8) is 0 Å². The average Bonchev–Trinajstić information content (AvgIpc) is 2.04. The number of hydrogen-bond acceptors (Lipinski definition) is 2. The number of anilines is 1. The number of rotatable bonds is 2. The first-order chi connectivity index (χ1) is 5.74. The molecule has 1 aromatic rings. The van der Waals surface area contributed by atoms with Crippen molar-refractivity contribution in [3.8, 4) is 5.75 Å². The second-order valence-electron chi connectivity index (χ2n) is 2.25. The summed E-state index contributed by atoms with van der Waals surface area (Å²) in [4.78, 5) is 10.6. The fourth-order valence-electron chi connectivity index (χ4n) is 0.898. The molecule has 0 fully saturated rings. The van der Waals surface area contributed by atoms with Crippen molar-refractivity contribution in [1.82, 2.24) is 0 Å². The van der Waals surface area contributed by atoms with Gasteiger partial charge in [0.05, 0.1) is 12.8 Å². The number of methoxy groups -OCH3 is 1. The lowest BCUT2D eigenvalue weighted by atomic mass is 10.3. The first-order valence-electron chi connectivity index (χ1n) is 3.50. The molecule has 0 spiro atoms. The van der Waals surface area contributed by atoms with Crippen LogP contribution in [0, 0.1) is 0 Å². The van der Waals surface area contributed by atoms with Crippen LogP contribution in [0.25, 0.3) is 0 Å². The average molecular weight is 167 g/mol.